The van der Waals surface area contributed by atoms with Gasteiger partial charge >= 0.3 is 5.97 Å². The number of fused-ring (bicyclic) bond motifs is 1. The Morgan fingerprint density at radius 2 is 2.30 bits per heavy atom. The summed E-state index contributed by atoms with van der Waals surface area (Å²) in [5.41, 5.74) is 0.907. The van der Waals surface area contributed by atoms with E-state index in [4.69, 9.17) is 9.84 Å². The van der Waals surface area contributed by atoms with Gasteiger partial charge in [-0.2, -0.15) is 0 Å². The van der Waals surface area contributed by atoms with Crippen molar-refractivity contribution >= 4 is 5.97 Å². The van der Waals surface area contributed by atoms with Crippen molar-refractivity contribution in [3.05, 3.63) is 23.8 Å². The molecule has 20 heavy (non-hydrogen) atoms. The summed E-state index contributed by atoms with van der Waals surface area (Å²) in [5.74, 6) is 0.723. The van der Waals surface area contributed by atoms with Gasteiger partial charge < -0.3 is 9.84 Å². The highest BCUT2D eigenvalue weighted by Gasteiger charge is 2.36. The fraction of sp³-hybridized carbons (Fsp3) is 0.706. The molecule has 4 atom stereocenters. The number of hydrogen-bond acceptors (Lipinski definition) is 3. The molecule has 0 aliphatic heterocycles. The summed E-state index contributed by atoms with van der Waals surface area (Å²) in [5, 5.41) is 8.91. The Morgan fingerprint density at radius 1 is 1.55 bits per heavy atom. The summed E-state index contributed by atoms with van der Waals surface area (Å²) >= 11 is 0. The summed E-state index contributed by atoms with van der Waals surface area (Å²) in [7, 11) is 0. The molecule has 0 amide bonds. The van der Waals surface area contributed by atoms with Gasteiger partial charge in [-0.3, -0.25) is 4.79 Å². The molecule has 2 aliphatic rings. The maximum absolute atomic E-state index is 12.0. The zero-order chi connectivity index (χ0) is 14.8. The average molecular weight is 278 g/mol. The van der Waals surface area contributed by atoms with E-state index in [2.05, 4.69) is 19.1 Å². The zero-order valence-corrected chi connectivity index (χ0v) is 12.8. The topological polar surface area (TPSA) is 46.5 Å². The Bertz CT molecular complexity index is 424. The van der Waals surface area contributed by atoms with Gasteiger partial charge in [0, 0.05) is 6.61 Å². The Kier molecular flexibility index (Phi) is 4.69. The molecule has 0 spiro atoms. The van der Waals surface area contributed by atoms with Gasteiger partial charge in [0.15, 0.2) is 0 Å². The fourth-order valence-electron chi connectivity index (χ4n) is 3.14. The van der Waals surface area contributed by atoms with Crippen molar-refractivity contribution < 1.29 is 14.6 Å². The van der Waals surface area contributed by atoms with E-state index in [0.717, 1.165) is 6.42 Å². The number of carbonyl (C=O) groups excluding carboxylic acids is 1. The van der Waals surface area contributed by atoms with E-state index in [0.29, 0.717) is 18.3 Å². The molecule has 0 aromatic heterocycles. The second-order valence-electron chi connectivity index (χ2n) is 6.60. The van der Waals surface area contributed by atoms with Crippen LogP contribution in [0.3, 0.4) is 0 Å². The number of esters is 1. The SMILES string of the molecule is CC(CCO)C(=O)O[C@]1(C)C=CC2=C[C@H](C)CC[C@H]2C1. The van der Waals surface area contributed by atoms with Crippen LogP contribution in [0, 0.1) is 17.8 Å². The summed E-state index contributed by atoms with van der Waals surface area (Å²) in [6.45, 7) is 6.07. The third-order valence-corrected chi connectivity index (χ3v) is 4.50. The van der Waals surface area contributed by atoms with Gasteiger partial charge in [0.25, 0.3) is 0 Å². The maximum Gasteiger partial charge on any atom is 0.309 e. The molecule has 0 saturated carbocycles. The van der Waals surface area contributed by atoms with Gasteiger partial charge in [-0.25, -0.2) is 0 Å². The van der Waals surface area contributed by atoms with E-state index in [1.165, 1.54) is 18.4 Å². The summed E-state index contributed by atoms with van der Waals surface area (Å²) < 4.78 is 5.70. The van der Waals surface area contributed by atoms with Gasteiger partial charge in [0.2, 0.25) is 0 Å². The zero-order valence-electron chi connectivity index (χ0n) is 12.8. The van der Waals surface area contributed by atoms with Gasteiger partial charge in [-0.15, -0.1) is 0 Å². The van der Waals surface area contributed by atoms with Crippen LogP contribution >= 0.6 is 0 Å². The highest BCUT2D eigenvalue weighted by atomic mass is 16.6. The number of hydrogen-bond donors (Lipinski definition) is 1. The van der Waals surface area contributed by atoms with Gasteiger partial charge in [-0.1, -0.05) is 26.0 Å². The molecule has 0 bridgehead atoms. The second-order valence-corrected chi connectivity index (χ2v) is 6.60. The van der Waals surface area contributed by atoms with E-state index in [1.54, 1.807) is 0 Å². The number of aliphatic hydroxyl groups excluding tert-OH is 1. The molecular formula is C17H26O3. The molecule has 2 rings (SSSR count). The third kappa shape index (κ3) is 3.51. The molecule has 3 nitrogen and oxygen atoms in total. The number of ether oxygens (including phenoxy) is 1. The van der Waals surface area contributed by atoms with Crippen molar-refractivity contribution in [3.8, 4) is 0 Å². The lowest BCUT2D eigenvalue weighted by molar-refractivity contribution is -0.160. The van der Waals surface area contributed by atoms with E-state index in [1.807, 2.05) is 19.9 Å². The average Bonchev–Trinajstić information content (AvgIpc) is 2.39. The minimum atomic E-state index is -0.497. The number of carbonyl (C=O) groups is 1. The lowest BCUT2D eigenvalue weighted by Gasteiger charge is -2.38. The molecule has 0 heterocycles. The molecule has 0 aromatic carbocycles. The van der Waals surface area contributed by atoms with Crippen LogP contribution in [-0.2, 0) is 9.53 Å². The quantitative estimate of drug-likeness (QED) is 0.803. The number of aliphatic hydroxyl groups is 1. The lowest BCUT2D eigenvalue weighted by Crippen LogP contribution is -2.37. The maximum atomic E-state index is 12.0. The molecule has 1 N–H and O–H groups in total. The first-order valence-electron chi connectivity index (χ1n) is 7.68. The van der Waals surface area contributed by atoms with E-state index < -0.39 is 5.60 Å². The van der Waals surface area contributed by atoms with Gasteiger partial charge in [0.1, 0.15) is 5.60 Å². The first-order valence-corrected chi connectivity index (χ1v) is 7.68. The predicted octanol–water partition coefficient (Wildman–Crippen LogP) is 3.24. The van der Waals surface area contributed by atoms with Crippen LogP contribution in [0.1, 0.15) is 46.5 Å². The van der Waals surface area contributed by atoms with Crippen molar-refractivity contribution in [2.45, 2.75) is 52.1 Å². The predicted molar refractivity (Wildman–Crippen MR) is 79.1 cm³/mol. The summed E-state index contributed by atoms with van der Waals surface area (Å²) in [6, 6.07) is 0. The highest BCUT2D eigenvalue weighted by molar-refractivity contribution is 5.72. The molecule has 0 saturated heterocycles. The molecule has 3 heteroatoms. The van der Waals surface area contributed by atoms with Crippen molar-refractivity contribution in [2.24, 2.45) is 17.8 Å². The highest BCUT2D eigenvalue weighted by Crippen LogP contribution is 2.40. The Balaban J connectivity index is 2.04. The van der Waals surface area contributed by atoms with Gasteiger partial charge in [-0.05, 0) is 56.1 Å². The van der Waals surface area contributed by atoms with Crippen molar-refractivity contribution in [1.82, 2.24) is 0 Å². The van der Waals surface area contributed by atoms with Crippen LogP contribution in [-0.4, -0.2) is 23.3 Å². The second kappa shape index (κ2) is 6.13. The van der Waals surface area contributed by atoms with Crippen LogP contribution in [0.15, 0.2) is 23.8 Å². The standard InChI is InChI=1S/C17H26O3/c1-12-4-5-15-11-17(3,8-6-14(15)10-12)20-16(19)13(2)7-9-18/h6,8,10,12-13,15,18H,4-5,7,9,11H2,1-3H3/t12-,13?,15+,17-/m1/s1. The van der Waals surface area contributed by atoms with Crippen molar-refractivity contribution in [3.63, 3.8) is 0 Å². The van der Waals surface area contributed by atoms with E-state index in [-0.39, 0.29) is 18.5 Å². The van der Waals surface area contributed by atoms with Crippen LogP contribution in [0.2, 0.25) is 0 Å². The lowest BCUT2D eigenvalue weighted by atomic mass is 9.73. The van der Waals surface area contributed by atoms with Crippen molar-refractivity contribution in [1.29, 1.82) is 0 Å². The molecule has 2 aliphatic carbocycles. The summed E-state index contributed by atoms with van der Waals surface area (Å²) in [6.07, 6.45) is 10.2. The van der Waals surface area contributed by atoms with Crippen LogP contribution in [0.4, 0.5) is 0 Å². The summed E-state index contributed by atoms with van der Waals surface area (Å²) in [4.78, 5) is 12.0. The Labute approximate surface area is 121 Å². The van der Waals surface area contributed by atoms with Crippen LogP contribution < -0.4 is 0 Å². The molecule has 1 unspecified atom stereocenters. The minimum absolute atomic E-state index is 0.0240. The fourth-order valence-corrected chi connectivity index (χ4v) is 3.14. The monoisotopic (exact) mass is 278 g/mol. The van der Waals surface area contributed by atoms with Gasteiger partial charge in [0.05, 0.1) is 5.92 Å². The molecule has 0 fully saturated rings. The molecule has 112 valence electrons. The molecule has 0 radical (unpaired) electrons. The minimum Gasteiger partial charge on any atom is -0.455 e. The van der Waals surface area contributed by atoms with Crippen LogP contribution in [0.25, 0.3) is 0 Å². The van der Waals surface area contributed by atoms with Crippen LogP contribution in [0.5, 0.6) is 0 Å². The molecular weight excluding hydrogens is 252 g/mol. The number of rotatable bonds is 4. The Morgan fingerprint density at radius 3 is 3.00 bits per heavy atom. The molecule has 0 aromatic rings. The smallest absolute Gasteiger partial charge is 0.309 e. The van der Waals surface area contributed by atoms with E-state index in [9.17, 15) is 4.79 Å². The van der Waals surface area contributed by atoms with Crippen molar-refractivity contribution in [2.75, 3.05) is 6.61 Å². The normalized spacial score (nSPS) is 34.1. The van der Waals surface area contributed by atoms with E-state index >= 15 is 0 Å². The third-order valence-electron chi connectivity index (χ3n) is 4.50. The largest absolute Gasteiger partial charge is 0.455 e. The first kappa shape index (κ1) is 15.3. The first-order chi connectivity index (χ1) is 9.43. The number of allylic oxidation sites excluding steroid dienone is 3. The Hall–Kier alpha value is -1.09.